The smallest absolute Gasteiger partial charge is 0.227 e. The van der Waals surface area contributed by atoms with Gasteiger partial charge in [0.15, 0.2) is 0 Å². The number of carbonyl (C=O) groups is 1. The van der Waals surface area contributed by atoms with Crippen molar-refractivity contribution >= 4 is 17.7 Å². The Bertz CT molecular complexity index is 806. The molecule has 0 spiro atoms. The monoisotopic (exact) mass is 351 g/mol. The minimum Gasteiger partial charge on any atom is -0.363 e. The van der Waals surface area contributed by atoms with Crippen molar-refractivity contribution in [3.05, 3.63) is 47.7 Å². The summed E-state index contributed by atoms with van der Waals surface area (Å²) in [5.41, 5.74) is 2.66. The van der Waals surface area contributed by atoms with Crippen LogP contribution in [0, 0.1) is 5.92 Å². The molecule has 0 bridgehead atoms. The lowest BCUT2D eigenvalue weighted by Gasteiger charge is -2.31. The zero-order chi connectivity index (χ0) is 18.1. The Hall–Kier alpha value is -2.63. The van der Waals surface area contributed by atoms with Crippen LogP contribution in [0.2, 0.25) is 0 Å². The van der Waals surface area contributed by atoms with E-state index in [1.165, 1.54) is 11.1 Å². The second kappa shape index (κ2) is 6.94. The predicted molar refractivity (Wildman–Crippen MR) is 102 cm³/mol. The van der Waals surface area contributed by atoms with Crippen molar-refractivity contribution in [3.8, 4) is 0 Å². The minimum absolute atomic E-state index is 0.0341. The van der Waals surface area contributed by atoms with Gasteiger partial charge in [0.05, 0.1) is 5.92 Å². The number of amides is 1. The Balaban J connectivity index is 1.43. The summed E-state index contributed by atoms with van der Waals surface area (Å²) in [6.07, 6.45) is 3.60. The molecule has 6 heteroatoms. The molecule has 1 amide bonds. The van der Waals surface area contributed by atoms with Crippen molar-refractivity contribution in [2.24, 2.45) is 5.92 Å². The molecular weight excluding hydrogens is 326 g/mol. The molecule has 6 nitrogen and oxygen atoms in total. The Kier molecular flexibility index (Phi) is 4.49. The van der Waals surface area contributed by atoms with E-state index in [1.54, 1.807) is 6.20 Å². The second-order valence-electron chi connectivity index (χ2n) is 7.32. The predicted octanol–water partition coefficient (Wildman–Crippen LogP) is 1.95. The van der Waals surface area contributed by atoms with Crippen LogP contribution in [0.25, 0.3) is 0 Å². The maximum absolute atomic E-state index is 13.0. The van der Waals surface area contributed by atoms with Gasteiger partial charge in [-0.15, -0.1) is 0 Å². The third-order valence-electron chi connectivity index (χ3n) is 5.35. The number of aromatic nitrogens is 2. The molecule has 1 unspecified atom stereocenters. The summed E-state index contributed by atoms with van der Waals surface area (Å²) in [7, 11) is 3.94. The highest BCUT2D eigenvalue weighted by Crippen LogP contribution is 2.26. The number of rotatable bonds is 3. The van der Waals surface area contributed by atoms with Crippen LogP contribution in [0.5, 0.6) is 0 Å². The van der Waals surface area contributed by atoms with E-state index in [0.29, 0.717) is 6.54 Å². The van der Waals surface area contributed by atoms with Gasteiger partial charge >= 0.3 is 0 Å². The fourth-order valence-corrected chi connectivity index (χ4v) is 3.83. The highest BCUT2D eigenvalue weighted by molar-refractivity contribution is 5.80. The van der Waals surface area contributed by atoms with E-state index < -0.39 is 0 Å². The quantitative estimate of drug-likeness (QED) is 0.846. The number of carbonyl (C=O) groups excluding carboxylic acids is 1. The van der Waals surface area contributed by atoms with E-state index in [-0.39, 0.29) is 11.8 Å². The summed E-state index contributed by atoms with van der Waals surface area (Å²) < 4.78 is 0. The molecule has 1 aromatic carbocycles. The van der Waals surface area contributed by atoms with Crippen LogP contribution in [-0.4, -0.2) is 54.5 Å². The minimum atomic E-state index is 0.0341. The number of hydrogen-bond acceptors (Lipinski definition) is 5. The van der Waals surface area contributed by atoms with Crippen molar-refractivity contribution < 1.29 is 4.79 Å². The van der Waals surface area contributed by atoms with Crippen molar-refractivity contribution in [3.63, 3.8) is 0 Å². The third-order valence-corrected chi connectivity index (χ3v) is 5.35. The molecule has 0 saturated carbocycles. The molecule has 2 aliphatic heterocycles. The number of nitrogens with zero attached hydrogens (tertiary/aromatic N) is 5. The van der Waals surface area contributed by atoms with E-state index >= 15 is 0 Å². The largest absolute Gasteiger partial charge is 0.363 e. The first kappa shape index (κ1) is 16.8. The topological polar surface area (TPSA) is 52.6 Å². The van der Waals surface area contributed by atoms with Crippen molar-refractivity contribution in [1.29, 1.82) is 0 Å². The fourth-order valence-electron chi connectivity index (χ4n) is 3.83. The SMILES string of the molecule is CN(C)c1ccnc(N2CCC(C(=O)N3CCc4ccccc4C3)C2)n1. The lowest BCUT2D eigenvalue weighted by molar-refractivity contribution is -0.135. The molecule has 26 heavy (non-hydrogen) atoms. The van der Waals surface area contributed by atoms with E-state index in [1.807, 2.05) is 30.0 Å². The molecule has 0 aliphatic carbocycles. The van der Waals surface area contributed by atoms with Crippen LogP contribution in [0.3, 0.4) is 0 Å². The van der Waals surface area contributed by atoms with Gasteiger partial charge in [-0.1, -0.05) is 24.3 Å². The van der Waals surface area contributed by atoms with Crippen molar-refractivity contribution in [1.82, 2.24) is 14.9 Å². The van der Waals surface area contributed by atoms with Gasteiger partial charge in [0.1, 0.15) is 5.82 Å². The van der Waals surface area contributed by atoms with E-state index in [0.717, 1.165) is 44.2 Å². The fraction of sp³-hybridized carbons (Fsp3) is 0.450. The van der Waals surface area contributed by atoms with Gasteiger partial charge in [-0.05, 0) is 30.0 Å². The first-order valence-corrected chi connectivity index (χ1v) is 9.22. The summed E-state index contributed by atoms with van der Waals surface area (Å²) in [6.45, 7) is 3.09. The Morgan fingerprint density at radius 1 is 1.15 bits per heavy atom. The molecule has 136 valence electrons. The van der Waals surface area contributed by atoms with Gasteiger partial charge in [0, 0.05) is 46.5 Å². The summed E-state index contributed by atoms with van der Waals surface area (Å²) in [6, 6.07) is 10.3. The average molecular weight is 351 g/mol. The van der Waals surface area contributed by atoms with E-state index in [2.05, 4.69) is 39.1 Å². The first-order valence-electron chi connectivity index (χ1n) is 9.22. The van der Waals surface area contributed by atoms with Gasteiger partial charge < -0.3 is 14.7 Å². The van der Waals surface area contributed by atoms with Crippen molar-refractivity contribution in [2.75, 3.05) is 43.5 Å². The van der Waals surface area contributed by atoms with Gasteiger partial charge in [0.2, 0.25) is 11.9 Å². The summed E-state index contributed by atoms with van der Waals surface area (Å²) in [5, 5.41) is 0. The Morgan fingerprint density at radius 2 is 1.96 bits per heavy atom. The normalized spacial score (nSPS) is 19.4. The van der Waals surface area contributed by atoms with Crippen LogP contribution < -0.4 is 9.80 Å². The molecular formula is C20H25N5O. The zero-order valence-electron chi connectivity index (χ0n) is 15.4. The number of hydrogen-bond donors (Lipinski definition) is 0. The molecule has 2 aromatic rings. The van der Waals surface area contributed by atoms with Crippen LogP contribution in [-0.2, 0) is 17.8 Å². The molecule has 0 radical (unpaired) electrons. The van der Waals surface area contributed by atoms with E-state index in [4.69, 9.17) is 0 Å². The van der Waals surface area contributed by atoms with Crippen molar-refractivity contribution in [2.45, 2.75) is 19.4 Å². The van der Waals surface area contributed by atoms with Gasteiger partial charge in [-0.3, -0.25) is 4.79 Å². The number of anilines is 2. The lowest BCUT2D eigenvalue weighted by Crippen LogP contribution is -2.40. The summed E-state index contributed by atoms with van der Waals surface area (Å²) in [4.78, 5) is 28.1. The Morgan fingerprint density at radius 3 is 2.77 bits per heavy atom. The molecule has 3 heterocycles. The third kappa shape index (κ3) is 3.23. The zero-order valence-corrected chi connectivity index (χ0v) is 15.4. The molecule has 1 atom stereocenters. The number of benzene rings is 1. The highest BCUT2D eigenvalue weighted by Gasteiger charge is 2.33. The Labute approximate surface area is 154 Å². The van der Waals surface area contributed by atoms with Gasteiger partial charge in [0.25, 0.3) is 0 Å². The molecule has 2 aliphatic rings. The first-order chi connectivity index (χ1) is 12.6. The van der Waals surface area contributed by atoms with Gasteiger partial charge in [-0.2, -0.15) is 4.98 Å². The maximum Gasteiger partial charge on any atom is 0.227 e. The van der Waals surface area contributed by atoms with Crippen LogP contribution in [0.4, 0.5) is 11.8 Å². The van der Waals surface area contributed by atoms with Crippen LogP contribution in [0.15, 0.2) is 36.5 Å². The molecule has 1 fully saturated rings. The second-order valence-corrected chi connectivity index (χ2v) is 7.32. The molecule has 4 rings (SSSR count). The van der Waals surface area contributed by atoms with Gasteiger partial charge in [-0.25, -0.2) is 4.98 Å². The lowest BCUT2D eigenvalue weighted by atomic mass is 9.98. The number of fused-ring (bicyclic) bond motifs is 1. The molecule has 0 N–H and O–H groups in total. The highest BCUT2D eigenvalue weighted by atomic mass is 16.2. The van der Waals surface area contributed by atoms with Crippen LogP contribution in [0.1, 0.15) is 17.5 Å². The standard InChI is InChI=1S/C20H25N5O/c1-23(2)18-7-10-21-20(22-18)25-12-9-17(14-25)19(26)24-11-8-15-5-3-4-6-16(15)13-24/h3-7,10,17H,8-9,11-14H2,1-2H3. The summed E-state index contributed by atoms with van der Waals surface area (Å²) >= 11 is 0. The molecule has 1 saturated heterocycles. The summed E-state index contributed by atoms with van der Waals surface area (Å²) in [5.74, 6) is 1.91. The van der Waals surface area contributed by atoms with Crippen LogP contribution >= 0.6 is 0 Å². The maximum atomic E-state index is 13.0. The molecule has 1 aromatic heterocycles. The average Bonchev–Trinajstić information content (AvgIpc) is 3.17. The van der Waals surface area contributed by atoms with E-state index in [9.17, 15) is 4.79 Å².